The summed E-state index contributed by atoms with van der Waals surface area (Å²) in [4.78, 5) is 17.1. The lowest BCUT2D eigenvalue weighted by Crippen LogP contribution is -2.11. The molecule has 0 bridgehead atoms. The third-order valence-electron chi connectivity index (χ3n) is 1.65. The summed E-state index contributed by atoms with van der Waals surface area (Å²) in [7, 11) is 3.79. The Morgan fingerprint density at radius 3 is 2.62 bits per heavy atom. The maximum atomic E-state index is 11.1. The van der Waals surface area contributed by atoms with Crippen molar-refractivity contribution in [3.8, 4) is 0 Å². The van der Waals surface area contributed by atoms with Crippen molar-refractivity contribution in [3.05, 3.63) is 23.9 Å². The van der Waals surface area contributed by atoms with Gasteiger partial charge in [0.2, 0.25) is 0 Å². The number of hydrogen-bond donors (Lipinski definition) is 0. The quantitative estimate of drug-likeness (QED) is 0.546. The monoisotopic (exact) mass is 198 g/mol. The Balaban J connectivity index is 2.87. The highest BCUT2D eigenvalue weighted by Crippen LogP contribution is 2.08. The van der Waals surface area contributed by atoms with Crippen LogP contribution in [0.5, 0.6) is 0 Å². The fourth-order valence-corrected chi connectivity index (χ4v) is 1.05. The zero-order valence-corrected chi connectivity index (χ0v) is 8.38. The Morgan fingerprint density at radius 2 is 2.23 bits per heavy atom. The lowest BCUT2D eigenvalue weighted by molar-refractivity contribution is 0.102. The molecule has 4 heteroatoms. The van der Waals surface area contributed by atoms with E-state index in [1.807, 2.05) is 19.0 Å². The van der Waals surface area contributed by atoms with Crippen molar-refractivity contribution < 1.29 is 4.79 Å². The van der Waals surface area contributed by atoms with Crippen LogP contribution in [0.3, 0.4) is 0 Å². The van der Waals surface area contributed by atoms with Crippen molar-refractivity contribution in [1.29, 1.82) is 0 Å². The molecule has 0 aliphatic carbocycles. The molecule has 0 fully saturated rings. The van der Waals surface area contributed by atoms with Crippen LogP contribution in [-0.2, 0) is 0 Å². The van der Waals surface area contributed by atoms with Crippen LogP contribution in [0.1, 0.15) is 10.4 Å². The van der Waals surface area contributed by atoms with Crippen molar-refractivity contribution in [2.75, 3.05) is 24.9 Å². The third-order valence-corrected chi connectivity index (χ3v) is 1.89. The van der Waals surface area contributed by atoms with Gasteiger partial charge in [0.05, 0.1) is 5.88 Å². The molecule has 13 heavy (non-hydrogen) atoms. The summed E-state index contributed by atoms with van der Waals surface area (Å²) in [5.41, 5.74) is 0.556. The van der Waals surface area contributed by atoms with Gasteiger partial charge in [0.15, 0.2) is 5.78 Å². The zero-order valence-electron chi connectivity index (χ0n) is 7.62. The number of nitrogens with zero attached hydrogens (tertiary/aromatic N) is 2. The standard InChI is InChI=1S/C9H11ClN2O/c1-12(2)9-4-3-7(6-11-9)8(13)5-10/h3-4,6H,5H2,1-2H3. The molecule has 0 spiro atoms. The molecule has 70 valence electrons. The summed E-state index contributed by atoms with van der Waals surface area (Å²) in [6.45, 7) is 0. The van der Waals surface area contributed by atoms with E-state index < -0.39 is 0 Å². The summed E-state index contributed by atoms with van der Waals surface area (Å²) >= 11 is 5.40. The summed E-state index contributed by atoms with van der Waals surface area (Å²) in [5, 5.41) is 0. The SMILES string of the molecule is CN(C)c1ccc(C(=O)CCl)cn1. The fourth-order valence-electron chi connectivity index (χ4n) is 0.893. The molecule has 1 aromatic rings. The normalized spacial score (nSPS) is 9.77. The molecule has 0 aliphatic heterocycles. The molecule has 0 saturated heterocycles. The molecule has 0 unspecified atom stereocenters. The van der Waals surface area contributed by atoms with E-state index in [9.17, 15) is 4.79 Å². The van der Waals surface area contributed by atoms with Crippen molar-refractivity contribution in [3.63, 3.8) is 0 Å². The van der Waals surface area contributed by atoms with Gasteiger partial charge in [-0.05, 0) is 12.1 Å². The van der Waals surface area contributed by atoms with Gasteiger partial charge in [0.1, 0.15) is 5.82 Å². The second-order valence-corrected chi connectivity index (χ2v) is 3.12. The van der Waals surface area contributed by atoms with E-state index in [4.69, 9.17) is 11.6 Å². The van der Waals surface area contributed by atoms with Crippen LogP contribution in [0.15, 0.2) is 18.3 Å². The molecule has 0 amide bonds. The number of Topliss-reactive ketones (excluding diaryl/α,β-unsaturated/α-hetero) is 1. The minimum absolute atomic E-state index is 0.00297. The largest absolute Gasteiger partial charge is 0.363 e. The number of ketones is 1. The van der Waals surface area contributed by atoms with Crippen molar-refractivity contribution in [2.45, 2.75) is 0 Å². The second-order valence-electron chi connectivity index (χ2n) is 2.86. The van der Waals surface area contributed by atoms with Crippen LogP contribution in [0, 0.1) is 0 Å². The first-order valence-electron chi connectivity index (χ1n) is 3.87. The number of anilines is 1. The zero-order chi connectivity index (χ0) is 9.84. The first kappa shape index (κ1) is 9.99. The minimum atomic E-state index is -0.0977. The number of pyridine rings is 1. The van der Waals surface area contributed by atoms with Gasteiger partial charge in [0.25, 0.3) is 0 Å². The van der Waals surface area contributed by atoms with Gasteiger partial charge in [-0.3, -0.25) is 4.79 Å². The average Bonchev–Trinajstić information content (AvgIpc) is 2.17. The highest BCUT2D eigenvalue weighted by molar-refractivity contribution is 6.30. The Hall–Kier alpha value is -1.09. The molecule has 0 radical (unpaired) electrons. The molecular weight excluding hydrogens is 188 g/mol. The van der Waals surface area contributed by atoms with Gasteiger partial charge in [-0.25, -0.2) is 4.98 Å². The molecule has 3 nitrogen and oxygen atoms in total. The van der Waals surface area contributed by atoms with Crippen LogP contribution >= 0.6 is 11.6 Å². The summed E-state index contributed by atoms with van der Waals surface area (Å²) in [6.07, 6.45) is 1.54. The number of carbonyl (C=O) groups is 1. The number of aromatic nitrogens is 1. The Kier molecular flexibility index (Phi) is 3.25. The molecule has 1 aromatic heterocycles. The van der Waals surface area contributed by atoms with Gasteiger partial charge in [0, 0.05) is 25.9 Å². The Labute approximate surface area is 82.3 Å². The molecule has 0 N–H and O–H groups in total. The van der Waals surface area contributed by atoms with Crippen LogP contribution < -0.4 is 4.90 Å². The van der Waals surface area contributed by atoms with E-state index in [-0.39, 0.29) is 11.7 Å². The van der Waals surface area contributed by atoms with Gasteiger partial charge in [-0.15, -0.1) is 11.6 Å². The van der Waals surface area contributed by atoms with Crippen LogP contribution in [0.2, 0.25) is 0 Å². The van der Waals surface area contributed by atoms with E-state index in [1.54, 1.807) is 18.3 Å². The summed E-state index contributed by atoms with van der Waals surface area (Å²) in [6, 6.07) is 3.52. The van der Waals surface area contributed by atoms with E-state index >= 15 is 0 Å². The molecule has 1 heterocycles. The molecule has 0 atom stereocenters. The van der Waals surface area contributed by atoms with Gasteiger partial charge in [-0.1, -0.05) is 0 Å². The van der Waals surface area contributed by atoms with Crippen LogP contribution in [0.25, 0.3) is 0 Å². The lowest BCUT2D eigenvalue weighted by Gasteiger charge is -2.10. The lowest BCUT2D eigenvalue weighted by atomic mass is 10.2. The molecule has 1 rings (SSSR count). The maximum absolute atomic E-state index is 11.1. The highest BCUT2D eigenvalue weighted by Gasteiger charge is 2.04. The van der Waals surface area contributed by atoms with E-state index in [2.05, 4.69) is 4.98 Å². The van der Waals surface area contributed by atoms with E-state index in [0.717, 1.165) is 5.82 Å². The molecule has 0 aromatic carbocycles. The summed E-state index contributed by atoms with van der Waals surface area (Å²) < 4.78 is 0. The number of carbonyl (C=O) groups excluding carboxylic acids is 1. The van der Waals surface area contributed by atoms with Gasteiger partial charge in [-0.2, -0.15) is 0 Å². The van der Waals surface area contributed by atoms with Gasteiger partial charge < -0.3 is 4.90 Å². The first-order valence-corrected chi connectivity index (χ1v) is 4.41. The van der Waals surface area contributed by atoms with Gasteiger partial charge >= 0.3 is 0 Å². The predicted molar refractivity (Wildman–Crippen MR) is 53.6 cm³/mol. The molecular formula is C9H11ClN2O. The van der Waals surface area contributed by atoms with Crippen molar-refractivity contribution in [1.82, 2.24) is 4.98 Å². The second kappa shape index (κ2) is 4.23. The third kappa shape index (κ3) is 2.42. The number of alkyl halides is 1. The Morgan fingerprint density at radius 1 is 1.54 bits per heavy atom. The maximum Gasteiger partial charge on any atom is 0.179 e. The summed E-state index contributed by atoms with van der Waals surface area (Å²) in [5.74, 6) is 0.730. The van der Waals surface area contributed by atoms with E-state index in [0.29, 0.717) is 5.56 Å². The first-order chi connectivity index (χ1) is 6.15. The van der Waals surface area contributed by atoms with E-state index in [1.165, 1.54) is 0 Å². The fraction of sp³-hybridized carbons (Fsp3) is 0.333. The molecule has 0 aliphatic rings. The number of rotatable bonds is 3. The number of halogens is 1. The average molecular weight is 199 g/mol. The Bertz CT molecular complexity index is 295. The van der Waals surface area contributed by atoms with Crippen molar-refractivity contribution in [2.24, 2.45) is 0 Å². The van der Waals surface area contributed by atoms with Crippen LogP contribution in [0.4, 0.5) is 5.82 Å². The molecule has 0 saturated carbocycles. The smallest absolute Gasteiger partial charge is 0.179 e. The highest BCUT2D eigenvalue weighted by atomic mass is 35.5. The number of hydrogen-bond acceptors (Lipinski definition) is 3. The minimum Gasteiger partial charge on any atom is -0.363 e. The van der Waals surface area contributed by atoms with Crippen LogP contribution in [-0.4, -0.2) is 30.7 Å². The predicted octanol–water partition coefficient (Wildman–Crippen LogP) is 1.57. The topological polar surface area (TPSA) is 33.2 Å². The van der Waals surface area contributed by atoms with Crippen molar-refractivity contribution >= 4 is 23.2 Å².